The second-order valence-electron chi connectivity index (χ2n) is 30.1. The molecule has 0 fully saturated rings. The van der Waals surface area contributed by atoms with Crippen molar-refractivity contribution in [2.24, 2.45) is 0 Å². The summed E-state index contributed by atoms with van der Waals surface area (Å²) in [4.78, 5) is 11.5. The van der Waals surface area contributed by atoms with Gasteiger partial charge in [-0.25, -0.2) is 9.97 Å². The second kappa shape index (κ2) is 13.1. The van der Waals surface area contributed by atoms with E-state index in [9.17, 15) is 0 Å². The summed E-state index contributed by atoms with van der Waals surface area (Å²) in [6.07, 6.45) is 0. The summed E-state index contributed by atoms with van der Waals surface area (Å²) >= 11 is 0. The number of aromatic nitrogens is 2. The zero-order chi connectivity index (χ0) is 53.1. The number of hydrogen-bond donors (Lipinski definition) is 0. The number of fused-ring (bicyclic) bond motifs is 9. The van der Waals surface area contributed by atoms with Gasteiger partial charge in [0.05, 0.1) is 22.1 Å². The summed E-state index contributed by atoms with van der Waals surface area (Å²) in [5.74, 6) is 0. The quantitative estimate of drug-likeness (QED) is 0.112. The molecule has 0 atom stereocenters. The molecule has 16 rings (SSSR count). The molecule has 2 nitrogen and oxygen atoms in total. The molecule has 0 radical (unpaired) electrons. The Hall–Kier alpha value is -6.90. The van der Waals surface area contributed by atoms with Gasteiger partial charge in [-0.2, -0.15) is 0 Å². The van der Waals surface area contributed by atoms with E-state index in [2.05, 4.69) is 210 Å². The SMILES string of the molecule is CC(C)(C)c1cc2c3cc(C(C)(C)C)cc4c5cc(C(C)(C)C)cc6c7c(C(C)(C)C)cc8c9nc%10ccccc%10nc9c9cc(C(C)(C)C)c%10c%11cc(C(C)(C)C)cc%12c(c1)c2c1c(c34)c(c56)c2c7c8c9c%10c2c1c%12%11. The lowest BCUT2D eigenvalue weighted by Gasteiger charge is -2.35. The summed E-state index contributed by atoms with van der Waals surface area (Å²) < 4.78 is 0. The van der Waals surface area contributed by atoms with Gasteiger partial charge in [0.25, 0.3) is 0 Å². The molecule has 1 aromatic heterocycles. The van der Waals surface area contributed by atoms with Crippen molar-refractivity contribution in [1.29, 1.82) is 0 Å². The lowest BCUT2D eigenvalue weighted by molar-refractivity contribution is 0.590. The smallest absolute Gasteiger partial charge is 0.0979 e. The highest BCUT2D eigenvalue weighted by Crippen LogP contribution is 2.64. The molecular weight excluding hydrogens is 917 g/mol. The van der Waals surface area contributed by atoms with E-state index in [1.165, 1.54) is 173 Å². The molecule has 0 saturated heterocycles. The van der Waals surface area contributed by atoms with Gasteiger partial charge in [-0.1, -0.05) is 137 Å². The van der Waals surface area contributed by atoms with Gasteiger partial charge in [0.15, 0.2) is 0 Å². The minimum absolute atomic E-state index is 0.0847. The Morgan fingerprint density at radius 3 is 0.724 bits per heavy atom. The van der Waals surface area contributed by atoms with Crippen molar-refractivity contribution in [3.63, 3.8) is 0 Å². The Labute approximate surface area is 445 Å². The Kier molecular flexibility index (Phi) is 7.80. The maximum absolute atomic E-state index is 5.74. The standard InChI is InChI=1S/C74H68N2/c1-69(2,3)33-23-37-38-24-34(70(4,5)6)26-40-42-28-36(72(10,11)12)30-44-54(42)62-60(52(38)40)59-51(37)39(25-33)41-27-35(71(7,8)9)29-43-53(41)61(59)65-63-55(43)47(73(13,14)15)31-45-57(63)58-46(32-48(74(16,17)18)56(44)64(58)66(62)65)68-67(45)75-49-21-19-20-22-50(49)76-68/h19-32H,1-18H3. The van der Waals surface area contributed by atoms with E-state index in [1.54, 1.807) is 0 Å². The molecule has 0 aliphatic carbocycles. The average molecular weight is 985 g/mol. The number of hydrogen-bond acceptors (Lipinski definition) is 2. The van der Waals surface area contributed by atoms with Crippen LogP contribution in [-0.4, -0.2) is 9.97 Å². The van der Waals surface area contributed by atoms with Crippen molar-refractivity contribution >= 4 is 162 Å². The van der Waals surface area contributed by atoms with Crippen LogP contribution in [0.15, 0.2) is 84.9 Å². The Morgan fingerprint density at radius 1 is 0.224 bits per heavy atom. The predicted octanol–water partition coefficient (Wildman–Crippen LogP) is 21.6. The largest absolute Gasteiger partial charge is 0.244 e. The van der Waals surface area contributed by atoms with Crippen molar-refractivity contribution in [2.45, 2.75) is 157 Å². The van der Waals surface area contributed by atoms with Crippen molar-refractivity contribution in [1.82, 2.24) is 9.97 Å². The van der Waals surface area contributed by atoms with Crippen LogP contribution in [0, 0.1) is 0 Å². The van der Waals surface area contributed by atoms with Crippen molar-refractivity contribution in [2.75, 3.05) is 0 Å². The van der Waals surface area contributed by atoms with E-state index in [0.717, 1.165) is 22.1 Å². The maximum atomic E-state index is 5.74. The fraction of sp³-hybridized carbons (Fsp3) is 0.324. The van der Waals surface area contributed by atoms with Gasteiger partial charge in [0.2, 0.25) is 0 Å². The van der Waals surface area contributed by atoms with E-state index in [0.29, 0.717) is 0 Å². The second-order valence-corrected chi connectivity index (χ2v) is 30.1. The Balaban J connectivity index is 1.39. The first-order valence-corrected chi connectivity index (χ1v) is 28.2. The predicted molar refractivity (Wildman–Crippen MR) is 335 cm³/mol. The van der Waals surface area contributed by atoms with Gasteiger partial charge >= 0.3 is 0 Å². The molecule has 0 saturated carbocycles. The summed E-state index contributed by atoms with van der Waals surface area (Å²) in [6.45, 7) is 43.6. The van der Waals surface area contributed by atoms with Gasteiger partial charge in [-0.05, 0) is 257 Å². The van der Waals surface area contributed by atoms with Crippen LogP contribution in [0.5, 0.6) is 0 Å². The first-order chi connectivity index (χ1) is 35.5. The van der Waals surface area contributed by atoms with Crippen LogP contribution in [0.4, 0.5) is 0 Å². The molecule has 0 N–H and O–H groups in total. The third-order valence-electron chi connectivity index (χ3n) is 19.0. The molecular formula is C74H68N2. The normalized spacial score (nSPS) is 14.7. The molecule has 1 heterocycles. The molecule has 0 aliphatic heterocycles. The van der Waals surface area contributed by atoms with E-state index in [4.69, 9.17) is 9.97 Å². The van der Waals surface area contributed by atoms with Crippen molar-refractivity contribution in [3.8, 4) is 0 Å². The minimum Gasteiger partial charge on any atom is -0.244 e. The highest BCUT2D eigenvalue weighted by Gasteiger charge is 2.38. The van der Waals surface area contributed by atoms with Gasteiger partial charge in [0.1, 0.15) is 0 Å². The van der Waals surface area contributed by atoms with E-state index >= 15 is 0 Å². The van der Waals surface area contributed by atoms with Crippen LogP contribution in [0.25, 0.3) is 162 Å². The van der Waals surface area contributed by atoms with Crippen LogP contribution in [-0.2, 0) is 32.5 Å². The maximum Gasteiger partial charge on any atom is 0.0979 e. The summed E-state index contributed by atoms with van der Waals surface area (Å²) in [5.41, 5.74) is 11.4. The average Bonchev–Trinajstić information content (AvgIpc) is 2.73. The van der Waals surface area contributed by atoms with Gasteiger partial charge in [-0.3, -0.25) is 0 Å². The summed E-state index contributed by atoms with van der Waals surface area (Å²) in [6, 6.07) is 34.8. The zero-order valence-corrected chi connectivity index (χ0v) is 48.0. The third-order valence-corrected chi connectivity index (χ3v) is 19.0. The minimum atomic E-state index is -0.212. The van der Waals surface area contributed by atoms with Crippen molar-refractivity contribution < 1.29 is 0 Å². The number of nitrogens with zero attached hydrogens (tertiary/aromatic N) is 2. The van der Waals surface area contributed by atoms with E-state index in [-0.39, 0.29) is 32.5 Å². The molecule has 0 aliphatic rings. The summed E-state index contributed by atoms with van der Waals surface area (Å²) in [5, 5.41) is 36.3. The van der Waals surface area contributed by atoms with Gasteiger partial charge < -0.3 is 0 Å². The fourth-order valence-corrected chi connectivity index (χ4v) is 15.2. The van der Waals surface area contributed by atoms with Crippen LogP contribution in [0.3, 0.4) is 0 Å². The molecule has 0 bridgehead atoms. The van der Waals surface area contributed by atoms with Crippen molar-refractivity contribution in [3.05, 3.63) is 118 Å². The molecule has 0 unspecified atom stereocenters. The highest BCUT2D eigenvalue weighted by atomic mass is 14.8. The topological polar surface area (TPSA) is 25.8 Å². The van der Waals surface area contributed by atoms with E-state index < -0.39 is 0 Å². The van der Waals surface area contributed by atoms with Gasteiger partial charge in [-0.15, -0.1) is 0 Å². The molecule has 374 valence electrons. The van der Waals surface area contributed by atoms with Crippen LogP contribution in [0.1, 0.15) is 158 Å². The monoisotopic (exact) mass is 985 g/mol. The van der Waals surface area contributed by atoms with E-state index in [1.807, 2.05) is 0 Å². The zero-order valence-electron chi connectivity index (χ0n) is 48.0. The fourth-order valence-electron chi connectivity index (χ4n) is 15.2. The Morgan fingerprint density at radius 2 is 0.461 bits per heavy atom. The van der Waals surface area contributed by atoms with Crippen LogP contribution >= 0.6 is 0 Å². The molecule has 15 aromatic carbocycles. The lowest BCUT2D eigenvalue weighted by Crippen LogP contribution is -2.16. The van der Waals surface area contributed by atoms with Gasteiger partial charge in [0, 0.05) is 21.5 Å². The number of para-hydroxylation sites is 2. The third kappa shape index (κ3) is 5.26. The number of benzene rings is 15. The lowest BCUT2D eigenvalue weighted by atomic mass is 9.68. The molecule has 0 spiro atoms. The molecule has 76 heavy (non-hydrogen) atoms. The summed E-state index contributed by atoms with van der Waals surface area (Å²) in [7, 11) is 0. The molecule has 0 amide bonds. The van der Waals surface area contributed by atoms with Crippen LogP contribution in [0.2, 0.25) is 0 Å². The molecule has 16 aromatic rings. The first kappa shape index (κ1) is 45.3. The first-order valence-electron chi connectivity index (χ1n) is 28.2. The van der Waals surface area contributed by atoms with Crippen LogP contribution < -0.4 is 0 Å². The highest BCUT2D eigenvalue weighted by molar-refractivity contribution is 6.63. The molecule has 2 heteroatoms. The Bertz CT molecular complexity index is 4900. The number of rotatable bonds is 0.